The molecule has 170 valence electrons. The van der Waals surface area contributed by atoms with Crippen LogP contribution in [0.2, 0.25) is 0 Å². The van der Waals surface area contributed by atoms with Crippen LogP contribution in [0, 0.1) is 0 Å². The summed E-state index contributed by atoms with van der Waals surface area (Å²) in [6.45, 7) is 3.71. The molecule has 0 aliphatic carbocycles. The van der Waals surface area contributed by atoms with Crippen molar-refractivity contribution in [1.29, 1.82) is 0 Å². The Kier molecular flexibility index (Phi) is 7.13. The molecule has 0 saturated carbocycles. The first-order valence-electron chi connectivity index (χ1n) is 10.6. The molecule has 0 bridgehead atoms. The van der Waals surface area contributed by atoms with Gasteiger partial charge in [0.2, 0.25) is 5.91 Å². The van der Waals surface area contributed by atoms with Crippen LogP contribution in [-0.2, 0) is 14.3 Å². The quantitative estimate of drug-likeness (QED) is 0.487. The van der Waals surface area contributed by atoms with Crippen molar-refractivity contribution in [3.8, 4) is 16.9 Å². The Bertz CT molecular complexity index is 1040. The molecule has 2 aromatic heterocycles. The summed E-state index contributed by atoms with van der Waals surface area (Å²) in [6.07, 6.45) is 4.18. The second kappa shape index (κ2) is 10.4. The summed E-state index contributed by atoms with van der Waals surface area (Å²) in [5.74, 6) is 2.25. The smallest absolute Gasteiger partial charge is 0.254 e. The summed E-state index contributed by atoms with van der Waals surface area (Å²) in [5, 5.41) is 4.42. The number of rotatable bonds is 8. The maximum Gasteiger partial charge on any atom is 0.254 e. The fourth-order valence-electron chi connectivity index (χ4n) is 3.82. The molecule has 0 spiro atoms. The molecular weight excluding hydrogens is 412 g/mol. The molecule has 3 heterocycles. The highest BCUT2D eigenvalue weighted by Crippen LogP contribution is 2.32. The van der Waals surface area contributed by atoms with Crippen molar-refractivity contribution >= 4 is 17.5 Å². The normalized spacial score (nSPS) is 14.6. The predicted octanol–water partition coefficient (Wildman–Crippen LogP) is 1.50. The first-order chi connectivity index (χ1) is 15.7. The van der Waals surface area contributed by atoms with Crippen LogP contribution >= 0.6 is 0 Å². The molecule has 10 heteroatoms. The van der Waals surface area contributed by atoms with E-state index in [1.807, 2.05) is 35.4 Å². The molecular formula is C22H28N6O4. The fraction of sp³-hybridized carbons (Fsp3) is 0.455. The van der Waals surface area contributed by atoms with E-state index in [-0.39, 0.29) is 12.5 Å². The average Bonchev–Trinajstić information content (AvgIpc) is 3.17. The number of hydrogen-bond donors (Lipinski definition) is 0. The molecule has 1 amide bonds. The fourth-order valence-corrected chi connectivity index (χ4v) is 3.82. The van der Waals surface area contributed by atoms with Gasteiger partial charge < -0.3 is 24.0 Å². The third-order valence-electron chi connectivity index (χ3n) is 5.49. The van der Waals surface area contributed by atoms with Gasteiger partial charge in [0.05, 0.1) is 20.3 Å². The molecule has 10 nitrogen and oxygen atoms in total. The van der Waals surface area contributed by atoms with E-state index in [1.54, 1.807) is 18.7 Å². The summed E-state index contributed by atoms with van der Waals surface area (Å²) in [4.78, 5) is 25.4. The van der Waals surface area contributed by atoms with Crippen LogP contribution in [0.4, 0.5) is 5.82 Å². The summed E-state index contributed by atoms with van der Waals surface area (Å²) in [5.41, 5.74) is 1.96. The number of fused-ring (bicyclic) bond motifs is 1. The van der Waals surface area contributed by atoms with E-state index in [4.69, 9.17) is 14.2 Å². The molecule has 0 unspecified atom stereocenters. The second-order valence-corrected chi connectivity index (χ2v) is 7.46. The zero-order valence-electron chi connectivity index (χ0n) is 18.4. The van der Waals surface area contributed by atoms with Crippen molar-refractivity contribution in [2.45, 2.75) is 6.42 Å². The zero-order valence-corrected chi connectivity index (χ0v) is 18.4. The van der Waals surface area contributed by atoms with Gasteiger partial charge in [-0.2, -0.15) is 14.6 Å². The highest BCUT2D eigenvalue weighted by molar-refractivity contribution is 5.79. The highest BCUT2D eigenvalue weighted by Gasteiger charge is 2.24. The Morgan fingerprint density at radius 1 is 1.03 bits per heavy atom. The van der Waals surface area contributed by atoms with Crippen molar-refractivity contribution in [2.75, 3.05) is 65.1 Å². The largest absolute Gasteiger partial charge is 0.497 e. The Balaban J connectivity index is 1.56. The lowest BCUT2D eigenvalue weighted by Gasteiger charge is -2.26. The van der Waals surface area contributed by atoms with Crippen LogP contribution in [-0.4, -0.2) is 90.6 Å². The SMILES string of the molecule is COCCOCC(=O)N1CCCN(c2c(-c3ccc(OC)cc3)cnc3ncnn23)CC1. The minimum atomic E-state index is -0.000961. The molecule has 3 aromatic rings. The number of nitrogens with zero attached hydrogens (tertiary/aromatic N) is 6. The second-order valence-electron chi connectivity index (χ2n) is 7.46. The monoisotopic (exact) mass is 440 g/mol. The van der Waals surface area contributed by atoms with Crippen molar-refractivity contribution in [3.05, 3.63) is 36.8 Å². The van der Waals surface area contributed by atoms with E-state index in [0.29, 0.717) is 38.6 Å². The number of hydrogen-bond acceptors (Lipinski definition) is 8. The van der Waals surface area contributed by atoms with Crippen LogP contribution in [0.3, 0.4) is 0 Å². The molecule has 1 aliphatic heterocycles. The van der Waals surface area contributed by atoms with Gasteiger partial charge in [-0.15, -0.1) is 0 Å². The van der Waals surface area contributed by atoms with Crippen LogP contribution in [0.25, 0.3) is 16.9 Å². The lowest BCUT2D eigenvalue weighted by Crippen LogP contribution is -2.38. The van der Waals surface area contributed by atoms with Gasteiger partial charge in [-0.05, 0) is 24.1 Å². The molecule has 1 saturated heterocycles. The van der Waals surface area contributed by atoms with Gasteiger partial charge in [-0.3, -0.25) is 4.79 Å². The van der Waals surface area contributed by atoms with Crippen LogP contribution in [0.1, 0.15) is 6.42 Å². The Labute approximate surface area is 186 Å². The number of methoxy groups -OCH3 is 2. The minimum absolute atomic E-state index is 0.000961. The summed E-state index contributed by atoms with van der Waals surface area (Å²) in [7, 11) is 3.26. The Hall–Kier alpha value is -3.24. The lowest BCUT2D eigenvalue weighted by atomic mass is 10.1. The summed E-state index contributed by atoms with van der Waals surface area (Å²) < 4.78 is 17.4. The van der Waals surface area contributed by atoms with E-state index in [0.717, 1.165) is 35.7 Å². The number of carbonyl (C=O) groups excluding carboxylic acids is 1. The van der Waals surface area contributed by atoms with Crippen LogP contribution < -0.4 is 9.64 Å². The van der Waals surface area contributed by atoms with Crippen molar-refractivity contribution in [1.82, 2.24) is 24.5 Å². The topological polar surface area (TPSA) is 94.3 Å². The number of ether oxygens (including phenoxy) is 3. The van der Waals surface area contributed by atoms with Crippen LogP contribution in [0.5, 0.6) is 5.75 Å². The number of carbonyl (C=O) groups is 1. The van der Waals surface area contributed by atoms with Gasteiger partial charge in [0.1, 0.15) is 24.5 Å². The first kappa shape index (κ1) is 22.0. The number of aromatic nitrogens is 4. The zero-order chi connectivity index (χ0) is 22.3. The van der Waals surface area contributed by atoms with Gasteiger partial charge in [-0.1, -0.05) is 12.1 Å². The Morgan fingerprint density at radius 2 is 1.88 bits per heavy atom. The molecule has 0 radical (unpaired) electrons. The Morgan fingerprint density at radius 3 is 2.66 bits per heavy atom. The van der Waals surface area contributed by atoms with E-state index in [2.05, 4.69) is 20.0 Å². The van der Waals surface area contributed by atoms with Gasteiger partial charge in [0.25, 0.3) is 5.78 Å². The van der Waals surface area contributed by atoms with Crippen molar-refractivity contribution in [3.63, 3.8) is 0 Å². The number of amides is 1. The molecule has 1 fully saturated rings. The third-order valence-corrected chi connectivity index (χ3v) is 5.49. The predicted molar refractivity (Wildman–Crippen MR) is 119 cm³/mol. The van der Waals surface area contributed by atoms with E-state index in [1.165, 1.54) is 6.33 Å². The number of benzene rings is 1. The maximum atomic E-state index is 12.6. The average molecular weight is 441 g/mol. The maximum absolute atomic E-state index is 12.6. The molecule has 1 aromatic carbocycles. The van der Waals surface area contributed by atoms with Gasteiger partial charge in [-0.25, -0.2) is 4.98 Å². The molecule has 4 rings (SSSR count). The molecule has 0 N–H and O–H groups in total. The third kappa shape index (κ3) is 4.81. The van der Waals surface area contributed by atoms with Gasteiger partial charge >= 0.3 is 0 Å². The van der Waals surface area contributed by atoms with Crippen molar-refractivity contribution < 1.29 is 19.0 Å². The van der Waals surface area contributed by atoms with Gasteiger partial charge in [0, 0.05) is 45.0 Å². The lowest BCUT2D eigenvalue weighted by molar-refractivity contribution is -0.136. The number of anilines is 1. The minimum Gasteiger partial charge on any atom is -0.497 e. The first-order valence-corrected chi connectivity index (χ1v) is 10.6. The van der Waals surface area contributed by atoms with Crippen LogP contribution in [0.15, 0.2) is 36.8 Å². The summed E-state index contributed by atoms with van der Waals surface area (Å²) >= 11 is 0. The molecule has 32 heavy (non-hydrogen) atoms. The van der Waals surface area contributed by atoms with E-state index < -0.39 is 0 Å². The standard InChI is InChI=1S/C22H28N6O4/c1-30-12-13-32-15-20(29)26-8-3-9-27(11-10-26)21-19(14-23-22-24-16-25-28(21)22)17-4-6-18(31-2)7-5-17/h4-7,14,16H,3,8-13,15H2,1-2H3. The highest BCUT2D eigenvalue weighted by atomic mass is 16.5. The van der Waals surface area contributed by atoms with E-state index >= 15 is 0 Å². The summed E-state index contributed by atoms with van der Waals surface area (Å²) in [6, 6.07) is 7.87. The molecule has 1 aliphatic rings. The van der Waals surface area contributed by atoms with E-state index in [9.17, 15) is 4.79 Å². The van der Waals surface area contributed by atoms with Crippen molar-refractivity contribution in [2.24, 2.45) is 0 Å². The molecule has 0 atom stereocenters. The van der Waals surface area contributed by atoms with Gasteiger partial charge in [0.15, 0.2) is 0 Å².